The van der Waals surface area contributed by atoms with Crippen LogP contribution in [0.4, 0.5) is 5.69 Å². The topological polar surface area (TPSA) is 49.5 Å². The van der Waals surface area contributed by atoms with Crippen LogP contribution in [0.5, 0.6) is 0 Å². The molecule has 1 aromatic rings. The predicted molar refractivity (Wildman–Crippen MR) is 85.8 cm³/mol. The molecular formula is C16H23BrN2O. The molecule has 1 aliphatic carbocycles. The lowest BCUT2D eigenvalue weighted by molar-refractivity contribution is -0.0612. The maximum absolute atomic E-state index is 10.8. The van der Waals surface area contributed by atoms with Crippen molar-refractivity contribution in [3.05, 3.63) is 28.2 Å². The van der Waals surface area contributed by atoms with Gasteiger partial charge in [0.25, 0.3) is 0 Å². The SMILES string of the molecule is NCc1c(Br)cccc1N1CCC2(O)CCCCC2C1. The van der Waals surface area contributed by atoms with Crippen LogP contribution < -0.4 is 10.6 Å². The van der Waals surface area contributed by atoms with Crippen molar-refractivity contribution in [3.63, 3.8) is 0 Å². The molecule has 1 aromatic carbocycles. The molecule has 2 fully saturated rings. The summed E-state index contributed by atoms with van der Waals surface area (Å²) in [5, 5.41) is 10.8. The van der Waals surface area contributed by atoms with Crippen LogP contribution >= 0.6 is 15.9 Å². The van der Waals surface area contributed by atoms with E-state index in [0.717, 1.165) is 36.8 Å². The first kappa shape index (κ1) is 14.4. The van der Waals surface area contributed by atoms with Crippen LogP contribution in [0.1, 0.15) is 37.7 Å². The minimum atomic E-state index is -0.413. The van der Waals surface area contributed by atoms with E-state index >= 15 is 0 Å². The van der Waals surface area contributed by atoms with Crippen molar-refractivity contribution in [1.82, 2.24) is 0 Å². The molecule has 0 radical (unpaired) electrons. The molecule has 1 saturated carbocycles. The molecular weight excluding hydrogens is 316 g/mol. The van der Waals surface area contributed by atoms with Crippen molar-refractivity contribution in [2.24, 2.45) is 11.7 Å². The molecule has 2 unspecified atom stereocenters. The maximum Gasteiger partial charge on any atom is 0.0709 e. The lowest BCUT2D eigenvalue weighted by atomic mass is 9.71. The van der Waals surface area contributed by atoms with Crippen LogP contribution in [-0.2, 0) is 6.54 Å². The minimum Gasteiger partial charge on any atom is -0.389 e. The number of rotatable bonds is 2. The monoisotopic (exact) mass is 338 g/mol. The van der Waals surface area contributed by atoms with E-state index in [0.29, 0.717) is 12.5 Å². The number of benzene rings is 1. The van der Waals surface area contributed by atoms with E-state index in [1.807, 2.05) is 6.07 Å². The molecule has 0 amide bonds. The number of aliphatic hydroxyl groups is 1. The Labute approximate surface area is 129 Å². The second-order valence-corrected chi connectivity index (χ2v) is 7.04. The average molecular weight is 339 g/mol. The Bertz CT molecular complexity index is 493. The Morgan fingerprint density at radius 3 is 3.00 bits per heavy atom. The number of piperidine rings is 1. The molecule has 1 saturated heterocycles. The van der Waals surface area contributed by atoms with Crippen LogP contribution in [0.2, 0.25) is 0 Å². The lowest BCUT2D eigenvalue weighted by Gasteiger charge is -2.48. The van der Waals surface area contributed by atoms with E-state index in [1.54, 1.807) is 0 Å². The molecule has 3 N–H and O–H groups in total. The third-order valence-electron chi connectivity index (χ3n) is 5.07. The summed E-state index contributed by atoms with van der Waals surface area (Å²) in [6.45, 7) is 2.43. The molecule has 3 rings (SSSR count). The molecule has 2 atom stereocenters. The fourth-order valence-electron chi connectivity index (χ4n) is 3.84. The first-order valence-corrected chi connectivity index (χ1v) is 8.38. The maximum atomic E-state index is 10.8. The number of fused-ring (bicyclic) bond motifs is 1. The number of hydrogen-bond donors (Lipinski definition) is 2. The fourth-order valence-corrected chi connectivity index (χ4v) is 4.35. The quantitative estimate of drug-likeness (QED) is 0.871. The summed E-state index contributed by atoms with van der Waals surface area (Å²) < 4.78 is 1.09. The molecule has 0 aromatic heterocycles. The standard InChI is InChI=1S/C16H23BrN2O/c17-14-5-3-6-15(13(14)10-18)19-9-8-16(20)7-2-1-4-12(16)11-19/h3,5-6,12,20H,1-2,4,7-11,18H2. The van der Waals surface area contributed by atoms with Crippen molar-refractivity contribution in [1.29, 1.82) is 0 Å². The predicted octanol–water partition coefficient (Wildman–Crippen LogP) is 3.04. The molecule has 2 aliphatic rings. The van der Waals surface area contributed by atoms with E-state index in [-0.39, 0.29) is 0 Å². The average Bonchev–Trinajstić information content (AvgIpc) is 2.46. The van der Waals surface area contributed by atoms with E-state index < -0.39 is 5.60 Å². The molecule has 20 heavy (non-hydrogen) atoms. The highest BCUT2D eigenvalue weighted by atomic mass is 79.9. The van der Waals surface area contributed by atoms with Gasteiger partial charge in [0.1, 0.15) is 0 Å². The summed E-state index contributed by atoms with van der Waals surface area (Å²) in [7, 11) is 0. The summed E-state index contributed by atoms with van der Waals surface area (Å²) in [4.78, 5) is 2.41. The van der Waals surface area contributed by atoms with E-state index in [1.165, 1.54) is 24.1 Å². The van der Waals surface area contributed by atoms with Gasteiger partial charge in [-0.15, -0.1) is 0 Å². The van der Waals surface area contributed by atoms with Gasteiger partial charge in [-0.2, -0.15) is 0 Å². The summed E-state index contributed by atoms with van der Waals surface area (Å²) in [6, 6.07) is 6.27. The first-order chi connectivity index (χ1) is 9.64. The minimum absolute atomic E-state index is 0.412. The van der Waals surface area contributed by atoms with Gasteiger partial charge in [0.15, 0.2) is 0 Å². The molecule has 1 heterocycles. The van der Waals surface area contributed by atoms with Gasteiger partial charge in [0.2, 0.25) is 0 Å². The van der Waals surface area contributed by atoms with Crippen LogP contribution in [0.25, 0.3) is 0 Å². The zero-order chi connectivity index (χ0) is 14.2. The van der Waals surface area contributed by atoms with Crippen molar-refractivity contribution < 1.29 is 5.11 Å². The second-order valence-electron chi connectivity index (χ2n) is 6.18. The largest absolute Gasteiger partial charge is 0.389 e. The Morgan fingerprint density at radius 2 is 2.20 bits per heavy atom. The van der Waals surface area contributed by atoms with Crippen LogP contribution in [-0.4, -0.2) is 23.8 Å². The number of halogens is 1. The van der Waals surface area contributed by atoms with E-state index in [4.69, 9.17) is 5.73 Å². The Balaban J connectivity index is 1.84. The fraction of sp³-hybridized carbons (Fsp3) is 0.625. The smallest absolute Gasteiger partial charge is 0.0709 e. The van der Waals surface area contributed by atoms with Crippen LogP contribution in [0.3, 0.4) is 0 Å². The first-order valence-electron chi connectivity index (χ1n) is 7.59. The van der Waals surface area contributed by atoms with Crippen LogP contribution in [0, 0.1) is 5.92 Å². The van der Waals surface area contributed by atoms with Gasteiger partial charge in [-0.1, -0.05) is 34.8 Å². The Kier molecular flexibility index (Phi) is 4.07. The zero-order valence-electron chi connectivity index (χ0n) is 11.8. The van der Waals surface area contributed by atoms with Gasteiger partial charge in [0.05, 0.1) is 5.60 Å². The van der Waals surface area contributed by atoms with Gasteiger partial charge < -0.3 is 15.7 Å². The van der Waals surface area contributed by atoms with Gasteiger partial charge in [-0.25, -0.2) is 0 Å². The highest BCUT2D eigenvalue weighted by Crippen LogP contribution is 2.41. The summed E-state index contributed by atoms with van der Waals surface area (Å²) in [6.07, 6.45) is 5.45. The van der Waals surface area contributed by atoms with Gasteiger partial charge in [-0.3, -0.25) is 0 Å². The molecule has 4 heteroatoms. The number of anilines is 1. The number of hydrogen-bond acceptors (Lipinski definition) is 3. The van der Waals surface area contributed by atoms with Gasteiger partial charge in [-0.05, 0) is 31.4 Å². The van der Waals surface area contributed by atoms with Gasteiger partial charge in [0, 0.05) is 41.3 Å². The van der Waals surface area contributed by atoms with Crippen LogP contribution in [0.15, 0.2) is 22.7 Å². The van der Waals surface area contributed by atoms with Crippen molar-refractivity contribution in [2.45, 2.75) is 44.2 Å². The van der Waals surface area contributed by atoms with Crippen molar-refractivity contribution >= 4 is 21.6 Å². The van der Waals surface area contributed by atoms with E-state index in [2.05, 4.69) is 33.0 Å². The second kappa shape index (κ2) is 5.66. The molecule has 0 spiro atoms. The zero-order valence-corrected chi connectivity index (χ0v) is 13.4. The third kappa shape index (κ3) is 2.49. The van der Waals surface area contributed by atoms with Gasteiger partial charge >= 0.3 is 0 Å². The molecule has 1 aliphatic heterocycles. The number of nitrogens with two attached hydrogens (primary N) is 1. The summed E-state index contributed by atoms with van der Waals surface area (Å²) in [5.41, 5.74) is 7.90. The molecule has 0 bridgehead atoms. The Hall–Kier alpha value is -0.580. The highest BCUT2D eigenvalue weighted by molar-refractivity contribution is 9.10. The normalized spacial score (nSPS) is 30.1. The Morgan fingerprint density at radius 1 is 1.35 bits per heavy atom. The highest BCUT2D eigenvalue weighted by Gasteiger charge is 2.42. The van der Waals surface area contributed by atoms with Crippen molar-refractivity contribution in [3.8, 4) is 0 Å². The third-order valence-corrected chi connectivity index (χ3v) is 5.81. The molecule has 3 nitrogen and oxygen atoms in total. The number of nitrogens with zero attached hydrogens (tertiary/aromatic N) is 1. The van der Waals surface area contributed by atoms with E-state index in [9.17, 15) is 5.11 Å². The summed E-state index contributed by atoms with van der Waals surface area (Å²) >= 11 is 3.60. The summed E-state index contributed by atoms with van der Waals surface area (Å²) in [5.74, 6) is 0.412. The lowest BCUT2D eigenvalue weighted by Crippen LogP contribution is -2.53. The molecule has 110 valence electrons. The van der Waals surface area contributed by atoms with Crippen molar-refractivity contribution in [2.75, 3.05) is 18.0 Å².